The van der Waals surface area contributed by atoms with Crippen molar-refractivity contribution in [1.82, 2.24) is 4.90 Å². The fourth-order valence-electron chi connectivity index (χ4n) is 2.87. The van der Waals surface area contributed by atoms with Gasteiger partial charge in [0.15, 0.2) is 0 Å². The number of benzene rings is 1. The third-order valence-electron chi connectivity index (χ3n) is 3.78. The van der Waals surface area contributed by atoms with Gasteiger partial charge in [-0.2, -0.15) is 0 Å². The van der Waals surface area contributed by atoms with Crippen LogP contribution in [0.1, 0.15) is 37.6 Å². The van der Waals surface area contributed by atoms with Crippen LogP contribution in [0.15, 0.2) is 29.2 Å². The molecule has 4 nitrogen and oxygen atoms in total. The van der Waals surface area contributed by atoms with E-state index in [0.29, 0.717) is 30.3 Å². The smallest absolute Gasteiger partial charge is 0.308 e. The molecule has 0 aromatic heterocycles. The lowest BCUT2D eigenvalue weighted by Gasteiger charge is -2.35. The molecule has 0 spiro atoms. The summed E-state index contributed by atoms with van der Waals surface area (Å²) in [5, 5.41) is 9.65. The van der Waals surface area contributed by atoms with Crippen molar-refractivity contribution in [2.45, 2.75) is 37.3 Å². The zero-order valence-electron chi connectivity index (χ0n) is 13.3. The first-order valence-corrected chi connectivity index (χ1v) is 8.54. The summed E-state index contributed by atoms with van der Waals surface area (Å²) in [5.41, 5.74) is 0.680. The maximum Gasteiger partial charge on any atom is 0.308 e. The molecule has 22 heavy (non-hydrogen) atoms. The van der Waals surface area contributed by atoms with Crippen molar-refractivity contribution in [2.75, 3.05) is 13.1 Å². The van der Waals surface area contributed by atoms with Crippen molar-refractivity contribution in [2.24, 2.45) is 11.8 Å². The second kappa shape index (κ2) is 7.18. The molecule has 120 valence electrons. The van der Waals surface area contributed by atoms with Gasteiger partial charge in [0.05, 0.1) is 11.5 Å². The second-order valence-electron chi connectivity index (χ2n) is 6.25. The van der Waals surface area contributed by atoms with E-state index in [1.807, 2.05) is 31.2 Å². The number of carbonyl (C=O) groups excluding carboxylic acids is 1. The zero-order chi connectivity index (χ0) is 16.3. The molecule has 1 aliphatic heterocycles. The van der Waals surface area contributed by atoms with E-state index >= 15 is 0 Å². The summed E-state index contributed by atoms with van der Waals surface area (Å²) < 4.78 is 0. The molecule has 1 amide bonds. The molecular weight excluding hydrogens is 298 g/mol. The molecule has 2 rings (SSSR count). The van der Waals surface area contributed by atoms with Gasteiger partial charge in [-0.3, -0.25) is 9.59 Å². The molecule has 1 aliphatic rings. The highest BCUT2D eigenvalue weighted by Gasteiger charge is 2.32. The van der Waals surface area contributed by atoms with E-state index in [9.17, 15) is 14.7 Å². The lowest BCUT2D eigenvalue weighted by molar-refractivity contribution is -0.143. The number of hydrogen-bond acceptors (Lipinski definition) is 3. The van der Waals surface area contributed by atoms with E-state index in [-0.39, 0.29) is 11.8 Å². The third kappa shape index (κ3) is 4.03. The van der Waals surface area contributed by atoms with Gasteiger partial charge in [0.25, 0.3) is 5.91 Å². The molecule has 5 heteroatoms. The van der Waals surface area contributed by atoms with Crippen molar-refractivity contribution < 1.29 is 14.7 Å². The standard InChI is InChI=1S/C17H23NO3S/c1-11(2)22-15-7-5-4-6-14(15)16(19)18-9-12(3)8-13(10-18)17(20)21/h4-7,11-13H,8-10H2,1-3H3,(H,20,21). The maximum atomic E-state index is 12.8. The topological polar surface area (TPSA) is 57.6 Å². The largest absolute Gasteiger partial charge is 0.481 e. The van der Waals surface area contributed by atoms with E-state index in [1.54, 1.807) is 16.7 Å². The Bertz CT molecular complexity index is 559. The number of carbonyl (C=O) groups is 2. The molecule has 0 radical (unpaired) electrons. The maximum absolute atomic E-state index is 12.8. The molecule has 1 heterocycles. The van der Waals surface area contributed by atoms with Crippen LogP contribution in [-0.2, 0) is 4.79 Å². The number of thioether (sulfide) groups is 1. The van der Waals surface area contributed by atoms with Crippen molar-refractivity contribution in [3.63, 3.8) is 0 Å². The van der Waals surface area contributed by atoms with Crippen LogP contribution in [0.25, 0.3) is 0 Å². The molecule has 2 atom stereocenters. The second-order valence-corrected chi connectivity index (χ2v) is 7.87. The Labute approximate surface area is 135 Å². The lowest BCUT2D eigenvalue weighted by Crippen LogP contribution is -2.45. The fraction of sp³-hybridized carbons (Fsp3) is 0.529. The summed E-state index contributed by atoms with van der Waals surface area (Å²) in [7, 11) is 0. The Morgan fingerprint density at radius 3 is 2.59 bits per heavy atom. The molecule has 0 saturated carbocycles. The summed E-state index contributed by atoms with van der Waals surface area (Å²) in [6, 6.07) is 7.59. The quantitative estimate of drug-likeness (QED) is 0.864. The van der Waals surface area contributed by atoms with Crippen LogP contribution in [0.2, 0.25) is 0 Å². The van der Waals surface area contributed by atoms with E-state index < -0.39 is 11.9 Å². The van der Waals surface area contributed by atoms with Gasteiger partial charge in [-0.25, -0.2) is 0 Å². The molecule has 0 aliphatic carbocycles. The molecule has 1 aromatic carbocycles. The lowest BCUT2D eigenvalue weighted by atomic mass is 9.90. The van der Waals surface area contributed by atoms with Gasteiger partial charge in [0.2, 0.25) is 0 Å². The predicted octanol–water partition coefficient (Wildman–Crippen LogP) is 3.37. The minimum Gasteiger partial charge on any atom is -0.481 e. The minimum atomic E-state index is -0.811. The van der Waals surface area contributed by atoms with Crippen LogP contribution in [0.4, 0.5) is 0 Å². The van der Waals surface area contributed by atoms with Gasteiger partial charge in [-0.15, -0.1) is 11.8 Å². The number of carboxylic acids is 1. The van der Waals surface area contributed by atoms with E-state index in [0.717, 1.165) is 4.90 Å². The molecule has 1 fully saturated rings. The van der Waals surface area contributed by atoms with E-state index in [4.69, 9.17) is 0 Å². The zero-order valence-corrected chi connectivity index (χ0v) is 14.1. The van der Waals surface area contributed by atoms with Gasteiger partial charge < -0.3 is 10.0 Å². The SMILES string of the molecule is CC1CC(C(=O)O)CN(C(=O)c2ccccc2SC(C)C)C1. The van der Waals surface area contributed by atoms with Gasteiger partial charge in [0, 0.05) is 23.2 Å². The van der Waals surface area contributed by atoms with Gasteiger partial charge >= 0.3 is 5.97 Å². The van der Waals surface area contributed by atoms with Gasteiger partial charge in [-0.05, 0) is 24.5 Å². The van der Waals surface area contributed by atoms with Crippen LogP contribution in [0, 0.1) is 11.8 Å². The number of nitrogens with zero attached hydrogens (tertiary/aromatic N) is 1. The third-order valence-corrected chi connectivity index (χ3v) is 4.86. The van der Waals surface area contributed by atoms with Crippen LogP contribution < -0.4 is 0 Å². The highest BCUT2D eigenvalue weighted by molar-refractivity contribution is 8.00. The van der Waals surface area contributed by atoms with Crippen molar-refractivity contribution in [3.05, 3.63) is 29.8 Å². The molecule has 1 saturated heterocycles. The van der Waals surface area contributed by atoms with Gasteiger partial charge in [0.1, 0.15) is 0 Å². The molecule has 1 N–H and O–H groups in total. The highest BCUT2D eigenvalue weighted by Crippen LogP contribution is 2.29. The first kappa shape index (κ1) is 16.9. The summed E-state index contributed by atoms with van der Waals surface area (Å²) in [5.74, 6) is -1.11. The van der Waals surface area contributed by atoms with Crippen LogP contribution in [0.3, 0.4) is 0 Å². The number of likely N-dealkylation sites (tertiary alicyclic amines) is 1. The van der Waals surface area contributed by atoms with Crippen molar-refractivity contribution in [1.29, 1.82) is 0 Å². The Morgan fingerprint density at radius 2 is 1.95 bits per heavy atom. The molecule has 0 bridgehead atoms. The summed E-state index contributed by atoms with van der Waals surface area (Å²) in [4.78, 5) is 26.8. The number of piperidine rings is 1. The van der Waals surface area contributed by atoms with Crippen LogP contribution >= 0.6 is 11.8 Å². The number of amides is 1. The predicted molar refractivity (Wildman–Crippen MR) is 88.2 cm³/mol. The van der Waals surface area contributed by atoms with E-state index in [2.05, 4.69) is 13.8 Å². The normalized spacial score (nSPS) is 21.9. The van der Waals surface area contributed by atoms with Crippen LogP contribution in [-0.4, -0.2) is 40.2 Å². The summed E-state index contributed by atoms with van der Waals surface area (Å²) in [6.07, 6.45) is 0.640. The molecule has 2 unspecified atom stereocenters. The Balaban J connectivity index is 2.22. The first-order valence-electron chi connectivity index (χ1n) is 7.66. The number of aliphatic carboxylic acids is 1. The number of rotatable bonds is 4. The van der Waals surface area contributed by atoms with Crippen molar-refractivity contribution in [3.8, 4) is 0 Å². The minimum absolute atomic E-state index is 0.0541. The first-order chi connectivity index (χ1) is 10.4. The number of carboxylic acid groups (broad SMARTS) is 1. The highest BCUT2D eigenvalue weighted by atomic mass is 32.2. The Hall–Kier alpha value is -1.49. The Morgan fingerprint density at radius 1 is 1.27 bits per heavy atom. The van der Waals surface area contributed by atoms with Crippen LogP contribution in [0.5, 0.6) is 0 Å². The monoisotopic (exact) mass is 321 g/mol. The summed E-state index contributed by atoms with van der Waals surface area (Å²) in [6.45, 7) is 7.12. The van der Waals surface area contributed by atoms with E-state index in [1.165, 1.54) is 0 Å². The average molecular weight is 321 g/mol. The molecular formula is C17H23NO3S. The number of hydrogen-bond donors (Lipinski definition) is 1. The average Bonchev–Trinajstić information content (AvgIpc) is 2.45. The van der Waals surface area contributed by atoms with Gasteiger partial charge in [-0.1, -0.05) is 32.9 Å². The van der Waals surface area contributed by atoms with Crippen molar-refractivity contribution >= 4 is 23.6 Å². The molecule has 1 aromatic rings. The summed E-state index contributed by atoms with van der Waals surface area (Å²) >= 11 is 1.66. The fourth-order valence-corrected chi connectivity index (χ4v) is 3.81. The Kier molecular flexibility index (Phi) is 5.51.